The Balaban J connectivity index is 1.55. The maximum atomic E-state index is 12.2. The van der Waals surface area contributed by atoms with E-state index in [1.165, 1.54) is 4.90 Å². The molecule has 124 valence electrons. The fraction of sp³-hybridized carbons (Fsp3) is 0.467. The minimum absolute atomic E-state index is 0.0600. The largest absolute Gasteiger partial charge is 0.508 e. The summed E-state index contributed by atoms with van der Waals surface area (Å²) in [6, 6.07) is 5.06. The Hall–Kier alpha value is -2.09. The van der Waals surface area contributed by atoms with Gasteiger partial charge in [-0.3, -0.25) is 9.59 Å². The van der Waals surface area contributed by atoms with Crippen molar-refractivity contribution in [3.8, 4) is 5.75 Å². The predicted octanol–water partition coefficient (Wildman–Crippen LogP) is -0.215. The molecule has 23 heavy (non-hydrogen) atoms. The highest BCUT2D eigenvalue weighted by atomic mass is 32.2. The number of benzene rings is 1. The molecule has 2 aliphatic rings. The van der Waals surface area contributed by atoms with E-state index in [-0.39, 0.29) is 42.8 Å². The number of nitrogens with zero attached hydrogens (tertiary/aromatic N) is 1. The van der Waals surface area contributed by atoms with Crippen molar-refractivity contribution in [2.24, 2.45) is 5.92 Å². The Kier molecular flexibility index (Phi) is 4.01. The second-order valence-electron chi connectivity index (χ2n) is 6.06. The van der Waals surface area contributed by atoms with Gasteiger partial charge in [0, 0.05) is 18.7 Å². The number of phenols is 1. The van der Waals surface area contributed by atoms with Gasteiger partial charge in [0.25, 0.3) is 0 Å². The molecule has 0 bridgehead atoms. The molecule has 1 unspecified atom stereocenters. The number of carbonyl (C=O) groups is 2. The summed E-state index contributed by atoms with van der Waals surface area (Å²) >= 11 is 0. The molecule has 1 aromatic carbocycles. The molecule has 1 aromatic rings. The standard InChI is InChI=1S/C15H18N2O5S/c18-13-3-1-2-11-7-17(8-12(11)13)15(20)14(19)16-6-10-4-5-23(21,22)9-10/h1-3,10,18H,4-9H2,(H,16,19). The van der Waals surface area contributed by atoms with Crippen LogP contribution >= 0.6 is 0 Å². The van der Waals surface area contributed by atoms with Crippen LogP contribution in [0.25, 0.3) is 0 Å². The van der Waals surface area contributed by atoms with Gasteiger partial charge >= 0.3 is 11.8 Å². The van der Waals surface area contributed by atoms with Gasteiger partial charge in [-0.15, -0.1) is 0 Å². The lowest BCUT2D eigenvalue weighted by molar-refractivity contribution is -0.146. The average molecular weight is 338 g/mol. The van der Waals surface area contributed by atoms with Crippen molar-refractivity contribution < 1.29 is 23.1 Å². The summed E-state index contributed by atoms with van der Waals surface area (Å²) in [4.78, 5) is 25.5. The molecule has 0 aromatic heterocycles. The Labute approximate surface area is 134 Å². The number of hydrogen-bond donors (Lipinski definition) is 2. The molecular formula is C15H18N2O5S. The van der Waals surface area contributed by atoms with Crippen LogP contribution in [0, 0.1) is 5.92 Å². The summed E-state index contributed by atoms with van der Waals surface area (Å²) in [6.07, 6.45) is 0.514. The van der Waals surface area contributed by atoms with Gasteiger partial charge in [-0.25, -0.2) is 8.42 Å². The molecule has 8 heteroatoms. The zero-order valence-corrected chi connectivity index (χ0v) is 13.3. The van der Waals surface area contributed by atoms with E-state index in [1.54, 1.807) is 12.1 Å². The van der Waals surface area contributed by atoms with Crippen molar-refractivity contribution in [1.82, 2.24) is 10.2 Å². The molecule has 7 nitrogen and oxygen atoms in total. The number of hydrogen-bond acceptors (Lipinski definition) is 5. The number of aromatic hydroxyl groups is 1. The molecule has 1 fully saturated rings. The third-order valence-corrected chi connectivity index (χ3v) is 6.15. The van der Waals surface area contributed by atoms with Crippen LogP contribution in [0.2, 0.25) is 0 Å². The highest BCUT2D eigenvalue weighted by Gasteiger charge is 2.31. The van der Waals surface area contributed by atoms with E-state index in [0.29, 0.717) is 12.0 Å². The van der Waals surface area contributed by atoms with Crippen molar-refractivity contribution >= 4 is 21.7 Å². The number of rotatable bonds is 2. The SMILES string of the molecule is O=C(NCC1CCS(=O)(=O)C1)C(=O)N1Cc2cccc(O)c2C1. The fourth-order valence-corrected chi connectivity index (χ4v) is 4.90. The van der Waals surface area contributed by atoms with E-state index in [4.69, 9.17) is 0 Å². The zero-order valence-electron chi connectivity index (χ0n) is 12.5. The van der Waals surface area contributed by atoms with Gasteiger partial charge in [0.1, 0.15) is 5.75 Å². The van der Waals surface area contributed by atoms with Crippen molar-refractivity contribution in [2.45, 2.75) is 19.5 Å². The third-order valence-electron chi connectivity index (χ3n) is 4.32. The number of fused-ring (bicyclic) bond motifs is 1. The first-order chi connectivity index (χ1) is 10.9. The van der Waals surface area contributed by atoms with Crippen LogP contribution in [0.1, 0.15) is 17.5 Å². The Morgan fingerprint density at radius 3 is 2.74 bits per heavy atom. The molecule has 1 saturated heterocycles. The van der Waals surface area contributed by atoms with E-state index in [2.05, 4.69) is 5.32 Å². The second-order valence-corrected chi connectivity index (χ2v) is 8.28. The molecule has 2 heterocycles. The molecule has 0 spiro atoms. The number of nitrogens with one attached hydrogen (secondary N) is 1. The highest BCUT2D eigenvalue weighted by Crippen LogP contribution is 2.29. The van der Waals surface area contributed by atoms with E-state index < -0.39 is 21.7 Å². The van der Waals surface area contributed by atoms with Crippen molar-refractivity contribution in [1.29, 1.82) is 0 Å². The quantitative estimate of drug-likeness (QED) is 0.726. The monoisotopic (exact) mass is 338 g/mol. The van der Waals surface area contributed by atoms with E-state index in [0.717, 1.165) is 5.56 Å². The van der Waals surface area contributed by atoms with Gasteiger partial charge in [-0.2, -0.15) is 0 Å². The zero-order chi connectivity index (χ0) is 16.6. The van der Waals surface area contributed by atoms with Gasteiger partial charge < -0.3 is 15.3 Å². The summed E-state index contributed by atoms with van der Waals surface area (Å²) in [7, 11) is -2.99. The number of phenolic OH excluding ortho intramolecular Hbond substituents is 1. The van der Waals surface area contributed by atoms with Gasteiger partial charge in [0.05, 0.1) is 18.1 Å². The van der Waals surface area contributed by atoms with E-state index in [9.17, 15) is 23.1 Å². The van der Waals surface area contributed by atoms with Crippen molar-refractivity contribution in [3.05, 3.63) is 29.3 Å². The van der Waals surface area contributed by atoms with Crippen LogP contribution in [0.3, 0.4) is 0 Å². The van der Waals surface area contributed by atoms with Gasteiger partial charge in [-0.05, 0) is 24.0 Å². The molecule has 1 atom stereocenters. The molecule has 2 amide bonds. The number of amides is 2. The molecule has 0 radical (unpaired) electrons. The second kappa shape index (κ2) is 5.84. The van der Waals surface area contributed by atoms with Crippen LogP contribution in [0.5, 0.6) is 5.75 Å². The molecule has 3 rings (SSSR count). The van der Waals surface area contributed by atoms with Gasteiger partial charge in [0.2, 0.25) is 0 Å². The highest BCUT2D eigenvalue weighted by molar-refractivity contribution is 7.91. The summed E-state index contributed by atoms with van der Waals surface area (Å²) in [5.41, 5.74) is 1.49. The Bertz CT molecular complexity index is 759. The molecule has 2 aliphatic heterocycles. The lowest BCUT2D eigenvalue weighted by Crippen LogP contribution is -2.42. The first-order valence-corrected chi connectivity index (χ1v) is 9.25. The maximum absolute atomic E-state index is 12.2. The minimum Gasteiger partial charge on any atom is -0.508 e. The van der Waals surface area contributed by atoms with Crippen LogP contribution in [-0.4, -0.2) is 48.3 Å². The first-order valence-electron chi connectivity index (χ1n) is 7.43. The third kappa shape index (κ3) is 3.31. The molecule has 0 saturated carbocycles. The van der Waals surface area contributed by atoms with Gasteiger partial charge in [0.15, 0.2) is 9.84 Å². The normalized spacial score (nSPS) is 21.9. The molecule has 2 N–H and O–H groups in total. The fourth-order valence-electron chi connectivity index (χ4n) is 3.04. The average Bonchev–Trinajstić information content (AvgIpc) is 3.08. The first kappa shape index (κ1) is 15.8. The molecular weight excluding hydrogens is 320 g/mol. The number of carbonyl (C=O) groups excluding carboxylic acids is 2. The maximum Gasteiger partial charge on any atom is 0.312 e. The number of sulfone groups is 1. The van der Waals surface area contributed by atoms with Crippen LogP contribution in [0.15, 0.2) is 18.2 Å². The van der Waals surface area contributed by atoms with Gasteiger partial charge in [-0.1, -0.05) is 12.1 Å². The van der Waals surface area contributed by atoms with E-state index >= 15 is 0 Å². The lowest BCUT2D eigenvalue weighted by Gasteiger charge is -2.16. The van der Waals surface area contributed by atoms with E-state index in [1.807, 2.05) is 6.07 Å². The smallest absolute Gasteiger partial charge is 0.312 e. The topological polar surface area (TPSA) is 104 Å². The lowest BCUT2D eigenvalue weighted by atomic mass is 10.1. The Morgan fingerprint density at radius 1 is 1.30 bits per heavy atom. The minimum atomic E-state index is -2.99. The van der Waals surface area contributed by atoms with Crippen LogP contribution in [0.4, 0.5) is 0 Å². The molecule has 0 aliphatic carbocycles. The summed E-state index contributed by atoms with van der Waals surface area (Å²) in [5.74, 6) is -1.21. The van der Waals surface area contributed by atoms with Crippen LogP contribution < -0.4 is 5.32 Å². The summed E-state index contributed by atoms with van der Waals surface area (Å²) in [6.45, 7) is 0.676. The predicted molar refractivity (Wildman–Crippen MR) is 82.1 cm³/mol. The van der Waals surface area contributed by atoms with Crippen molar-refractivity contribution in [3.63, 3.8) is 0 Å². The Morgan fingerprint density at radius 2 is 2.09 bits per heavy atom. The summed E-state index contributed by atoms with van der Waals surface area (Å²) < 4.78 is 22.7. The van der Waals surface area contributed by atoms with Crippen molar-refractivity contribution in [2.75, 3.05) is 18.1 Å². The summed E-state index contributed by atoms with van der Waals surface area (Å²) in [5, 5.41) is 12.3. The van der Waals surface area contributed by atoms with Crippen LogP contribution in [-0.2, 0) is 32.5 Å².